The lowest BCUT2D eigenvalue weighted by atomic mass is 10.2. The maximum Gasteiger partial charge on any atom is 0.0470 e. The van der Waals surface area contributed by atoms with Gasteiger partial charge in [-0.1, -0.05) is 0 Å². The lowest BCUT2D eigenvalue weighted by Crippen LogP contribution is -2.35. The lowest BCUT2D eigenvalue weighted by Gasteiger charge is -2.15. The van der Waals surface area contributed by atoms with Crippen molar-refractivity contribution in [3.8, 4) is 0 Å². The summed E-state index contributed by atoms with van der Waals surface area (Å²) in [5, 5.41) is 3.65. The molecule has 1 aliphatic rings. The van der Waals surface area contributed by atoms with Gasteiger partial charge in [0.15, 0.2) is 0 Å². The molecular weight excluding hydrogens is 146 g/mol. The summed E-state index contributed by atoms with van der Waals surface area (Å²) in [7, 11) is -0.595. The Morgan fingerprint density at radius 2 is 2.20 bits per heavy atom. The number of hydrogen-bond donors (Lipinski definition) is 1. The highest BCUT2D eigenvalue weighted by molar-refractivity contribution is 7.85. The quantitative estimate of drug-likeness (QED) is 0.561. The van der Waals surface area contributed by atoms with Crippen LogP contribution in [0.1, 0.15) is 20.3 Å². The molecule has 3 heteroatoms. The first-order valence-electron chi connectivity index (χ1n) is 3.82. The minimum atomic E-state index is -0.595. The third-order valence-corrected chi connectivity index (χ3v) is 4.04. The maximum absolute atomic E-state index is 11.3. The van der Waals surface area contributed by atoms with Crippen LogP contribution in [-0.4, -0.2) is 27.8 Å². The Kier molecular flexibility index (Phi) is 2.86. The van der Waals surface area contributed by atoms with Crippen LogP contribution in [0.4, 0.5) is 0 Å². The molecule has 1 aliphatic heterocycles. The van der Waals surface area contributed by atoms with E-state index in [4.69, 9.17) is 0 Å². The van der Waals surface area contributed by atoms with Crippen LogP contribution in [-0.2, 0) is 10.8 Å². The zero-order valence-electron chi connectivity index (χ0n) is 6.59. The molecule has 0 aromatic heterocycles. The molecule has 2 nitrogen and oxygen atoms in total. The molecule has 1 N–H and O–H groups in total. The second-order valence-corrected chi connectivity index (χ2v) is 4.80. The molecule has 0 aliphatic carbocycles. The standard InChI is InChI=1S/C7H15NOS/c1-6-7(2)10(9)5-3-4-8-6/h6-8H,3-5H2,1-2H3. The van der Waals surface area contributed by atoms with E-state index in [1.807, 2.05) is 0 Å². The van der Waals surface area contributed by atoms with Gasteiger partial charge < -0.3 is 5.32 Å². The van der Waals surface area contributed by atoms with E-state index in [0.29, 0.717) is 11.3 Å². The molecule has 3 atom stereocenters. The third kappa shape index (κ3) is 1.80. The molecule has 1 heterocycles. The van der Waals surface area contributed by atoms with E-state index < -0.39 is 10.8 Å². The van der Waals surface area contributed by atoms with Gasteiger partial charge in [-0.2, -0.15) is 0 Å². The fourth-order valence-electron chi connectivity index (χ4n) is 1.12. The van der Waals surface area contributed by atoms with E-state index >= 15 is 0 Å². The summed E-state index contributed by atoms with van der Waals surface area (Å²) in [4.78, 5) is 0. The van der Waals surface area contributed by atoms with Crippen LogP contribution in [0.25, 0.3) is 0 Å². The predicted octanol–water partition coefficient (Wildman–Crippen LogP) is 0.505. The number of nitrogens with one attached hydrogen (secondary N) is 1. The number of rotatable bonds is 0. The molecule has 0 saturated carbocycles. The van der Waals surface area contributed by atoms with Gasteiger partial charge in [-0.05, 0) is 26.8 Å². The van der Waals surface area contributed by atoms with Gasteiger partial charge in [0.05, 0.1) is 0 Å². The molecule has 0 aromatic rings. The summed E-state index contributed by atoms with van der Waals surface area (Å²) in [6.07, 6.45) is 1.06. The summed E-state index contributed by atoms with van der Waals surface area (Å²) in [6, 6.07) is 0.420. The second kappa shape index (κ2) is 3.49. The van der Waals surface area contributed by atoms with Gasteiger partial charge in [-0.3, -0.25) is 4.21 Å². The van der Waals surface area contributed by atoms with Crippen molar-refractivity contribution in [1.82, 2.24) is 5.32 Å². The zero-order chi connectivity index (χ0) is 7.56. The fraction of sp³-hybridized carbons (Fsp3) is 1.00. The highest BCUT2D eigenvalue weighted by Crippen LogP contribution is 2.06. The van der Waals surface area contributed by atoms with E-state index in [1.165, 1.54) is 0 Å². The number of hydrogen-bond acceptors (Lipinski definition) is 2. The van der Waals surface area contributed by atoms with Gasteiger partial charge in [0.2, 0.25) is 0 Å². The second-order valence-electron chi connectivity index (χ2n) is 2.89. The Morgan fingerprint density at radius 3 is 2.90 bits per heavy atom. The average Bonchev–Trinajstić information content (AvgIpc) is 2.04. The summed E-state index contributed by atoms with van der Waals surface area (Å²) in [5.41, 5.74) is 0. The first-order chi connectivity index (χ1) is 4.72. The van der Waals surface area contributed by atoms with Crippen LogP contribution < -0.4 is 5.32 Å². The van der Waals surface area contributed by atoms with Gasteiger partial charge in [0, 0.05) is 27.8 Å². The van der Waals surface area contributed by atoms with E-state index in [2.05, 4.69) is 19.2 Å². The average molecular weight is 161 g/mol. The van der Waals surface area contributed by atoms with Crippen LogP contribution in [0, 0.1) is 0 Å². The zero-order valence-corrected chi connectivity index (χ0v) is 7.41. The first-order valence-corrected chi connectivity index (χ1v) is 5.20. The predicted molar refractivity (Wildman–Crippen MR) is 44.6 cm³/mol. The molecule has 3 unspecified atom stereocenters. The van der Waals surface area contributed by atoms with Gasteiger partial charge in [-0.15, -0.1) is 0 Å². The third-order valence-electron chi connectivity index (χ3n) is 2.11. The monoisotopic (exact) mass is 161 g/mol. The lowest BCUT2D eigenvalue weighted by molar-refractivity contribution is 0.549. The largest absolute Gasteiger partial charge is 0.313 e. The minimum absolute atomic E-state index is 0.322. The Hall–Kier alpha value is 0.110. The first kappa shape index (κ1) is 8.21. The van der Waals surface area contributed by atoms with Crippen molar-refractivity contribution in [2.75, 3.05) is 12.3 Å². The molecule has 1 fully saturated rings. The summed E-state index contributed by atoms with van der Waals surface area (Å²) in [6.45, 7) is 5.18. The van der Waals surface area contributed by atoms with Gasteiger partial charge in [-0.25, -0.2) is 0 Å². The molecule has 1 saturated heterocycles. The van der Waals surface area contributed by atoms with Crippen LogP contribution >= 0.6 is 0 Å². The fourth-order valence-corrected chi connectivity index (χ4v) is 2.48. The normalized spacial score (nSPS) is 42.8. The SMILES string of the molecule is CC1NCCCS(=O)C1C. The van der Waals surface area contributed by atoms with Crippen molar-refractivity contribution < 1.29 is 4.21 Å². The van der Waals surface area contributed by atoms with E-state index in [-0.39, 0.29) is 0 Å². The smallest absolute Gasteiger partial charge is 0.0470 e. The van der Waals surface area contributed by atoms with Crippen molar-refractivity contribution in [3.05, 3.63) is 0 Å². The molecule has 0 aromatic carbocycles. The molecule has 10 heavy (non-hydrogen) atoms. The molecule has 0 radical (unpaired) electrons. The minimum Gasteiger partial charge on any atom is -0.313 e. The van der Waals surface area contributed by atoms with E-state index in [1.54, 1.807) is 0 Å². The molecule has 1 rings (SSSR count). The Bertz CT molecular complexity index is 138. The Morgan fingerprint density at radius 1 is 1.50 bits per heavy atom. The van der Waals surface area contributed by atoms with Crippen molar-refractivity contribution in [1.29, 1.82) is 0 Å². The molecule has 0 bridgehead atoms. The summed E-state index contributed by atoms with van der Waals surface area (Å²) in [5.74, 6) is 0.874. The Balaban J connectivity index is 2.55. The van der Waals surface area contributed by atoms with E-state index in [9.17, 15) is 4.21 Å². The highest BCUT2D eigenvalue weighted by atomic mass is 32.2. The summed E-state index contributed by atoms with van der Waals surface area (Å²) < 4.78 is 11.3. The highest BCUT2D eigenvalue weighted by Gasteiger charge is 2.20. The van der Waals surface area contributed by atoms with E-state index in [0.717, 1.165) is 18.7 Å². The van der Waals surface area contributed by atoms with Crippen molar-refractivity contribution >= 4 is 10.8 Å². The summed E-state index contributed by atoms with van der Waals surface area (Å²) >= 11 is 0. The van der Waals surface area contributed by atoms with Crippen LogP contribution in [0.2, 0.25) is 0 Å². The van der Waals surface area contributed by atoms with Crippen molar-refractivity contribution in [3.63, 3.8) is 0 Å². The van der Waals surface area contributed by atoms with Crippen molar-refractivity contribution in [2.24, 2.45) is 0 Å². The molecule has 60 valence electrons. The molecular formula is C7H15NOS. The van der Waals surface area contributed by atoms with Crippen LogP contribution in [0.5, 0.6) is 0 Å². The maximum atomic E-state index is 11.3. The Labute approximate surface area is 64.8 Å². The van der Waals surface area contributed by atoms with Gasteiger partial charge in [0.25, 0.3) is 0 Å². The van der Waals surface area contributed by atoms with Gasteiger partial charge >= 0.3 is 0 Å². The topological polar surface area (TPSA) is 29.1 Å². The molecule has 0 spiro atoms. The van der Waals surface area contributed by atoms with Crippen LogP contribution in [0.3, 0.4) is 0 Å². The molecule has 0 amide bonds. The van der Waals surface area contributed by atoms with Gasteiger partial charge in [0.1, 0.15) is 0 Å². The van der Waals surface area contributed by atoms with Crippen molar-refractivity contribution in [2.45, 2.75) is 31.6 Å². The van der Waals surface area contributed by atoms with Crippen LogP contribution in [0.15, 0.2) is 0 Å².